The molecule has 0 amide bonds. The number of aromatic nitrogens is 2. The lowest BCUT2D eigenvalue weighted by Crippen LogP contribution is -2.42. The molecule has 0 radical (unpaired) electrons. The highest BCUT2D eigenvalue weighted by atomic mass is 79.9. The van der Waals surface area contributed by atoms with Crippen LogP contribution in [0.1, 0.15) is 19.3 Å². The molecule has 0 aliphatic carbocycles. The molecule has 7 heteroatoms. The minimum Gasteiger partial charge on any atom is -0.422 e. The largest absolute Gasteiger partial charge is 0.422 e. The standard InChI is InChI=1S/C15H21BrN4O2/c1-21-9-3-8-20-7-2-4-11(10-20)17-15-19-14-12(22-15)5-6-13(16)18-14/h5-6,11H,2-4,7-10H2,1H3,(H,17,18,19)/t11-/m1/s1. The first-order chi connectivity index (χ1) is 10.7. The van der Waals surface area contributed by atoms with Crippen molar-refractivity contribution in [2.24, 2.45) is 0 Å². The summed E-state index contributed by atoms with van der Waals surface area (Å²) in [5, 5.41) is 3.40. The van der Waals surface area contributed by atoms with Crippen molar-refractivity contribution in [2.75, 3.05) is 38.7 Å². The van der Waals surface area contributed by atoms with Crippen molar-refractivity contribution < 1.29 is 9.15 Å². The molecular formula is C15H21BrN4O2. The summed E-state index contributed by atoms with van der Waals surface area (Å²) in [6, 6.07) is 4.66. The van der Waals surface area contributed by atoms with Crippen molar-refractivity contribution in [3.05, 3.63) is 16.7 Å². The van der Waals surface area contributed by atoms with Gasteiger partial charge >= 0.3 is 0 Å². The lowest BCUT2D eigenvalue weighted by Gasteiger charge is -2.32. The summed E-state index contributed by atoms with van der Waals surface area (Å²) in [6.07, 6.45) is 3.40. The Bertz CT molecular complexity index is 619. The summed E-state index contributed by atoms with van der Waals surface area (Å²) in [7, 11) is 1.75. The first-order valence-corrected chi connectivity index (χ1v) is 8.45. The summed E-state index contributed by atoms with van der Waals surface area (Å²) in [5.41, 5.74) is 1.34. The molecule has 0 unspecified atom stereocenters. The molecule has 3 heterocycles. The molecule has 1 aliphatic rings. The summed E-state index contributed by atoms with van der Waals surface area (Å²) < 4.78 is 11.6. The number of hydrogen-bond donors (Lipinski definition) is 1. The zero-order valence-electron chi connectivity index (χ0n) is 12.7. The fourth-order valence-electron chi connectivity index (χ4n) is 2.84. The van der Waals surface area contributed by atoms with Crippen molar-refractivity contribution in [1.82, 2.24) is 14.9 Å². The number of piperidine rings is 1. The van der Waals surface area contributed by atoms with Crippen molar-refractivity contribution in [3.8, 4) is 0 Å². The molecule has 3 rings (SSSR count). The lowest BCUT2D eigenvalue weighted by atomic mass is 10.1. The highest BCUT2D eigenvalue weighted by molar-refractivity contribution is 9.10. The van der Waals surface area contributed by atoms with Gasteiger partial charge in [0.25, 0.3) is 6.01 Å². The van der Waals surface area contributed by atoms with Crippen LogP contribution in [-0.4, -0.2) is 54.3 Å². The molecule has 2 aromatic heterocycles. The van der Waals surface area contributed by atoms with Crippen molar-refractivity contribution in [3.63, 3.8) is 0 Å². The van der Waals surface area contributed by atoms with Gasteiger partial charge in [-0.1, -0.05) is 0 Å². The number of nitrogens with one attached hydrogen (secondary N) is 1. The smallest absolute Gasteiger partial charge is 0.297 e. The van der Waals surface area contributed by atoms with Gasteiger partial charge in [-0.05, 0) is 53.9 Å². The Morgan fingerprint density at radius 3 is 3.23 bits per heavy atom. The number of halogens is 1. The van der Waals surface area contributed by atoms with Crippen LogP contribution in [0.2, 0.25) is 0 Å². The summed E-state index contributed by atoms with van der Waals surface area (Å²) in [6.45, 7) is 4.07. The molecular weight excluding hydrogens is 348 g/mol. The van der Waals surface area contributed by atoms with Gasteiger partial charge in [0.2, 0.25) is 5.65 Å². The van der Waals surface area contributed by atoms with Crippen LogP contribution in [0.4, 0.5) is 6.01 Å². The Morgan fingerprint density at radius 2 is 2.36 bits per heavy atom. The van der Waals surface area contributed by atoms with E-state index in [0.29, 0.717) is 23.3 Å². The zero-order valence-corrected chi connectivity index (χ0v) is 14.3. The van der Waals surface area contributed by atoms with Gasteiger partial charge in [0.15, 0.2) is 5.58 Å². The predicted molar refractivity (Wildman–Crippen MR) is 89.1 cm³/mol. The minimum absolute atomic E-state index is 0.368. The fraction of sp³-hybridized carbons (Fsp3) is 0.600. The number of rotatable bonds is 6. The predicted octanol–water partition coefficient (Wildman–Crippen LogP) is 2.90. The Labute approximate surface area is 138 Å². The average molecular weight is 369 g/mol. The van der Waals surface area contributed by atoms with E-state index >= 15 is 0 Å². The van der Waals surface area contributed by atoms with Gasteiger partial charge in [-0.3, -0.25) is 0 Å². The number of ether oxygens (including phenoxy) is 1. The summed E-state index contributed by atoms with van der Waals surface area (Å²) >= 11 is 3.35. The molecule has 120 valence electrons. The lowest BCUT2D eigenvalue weighted by molar-refractivity contribution is 0.158. The van der Waals surface area contributed by atoms with Gasteiger partial charge in [0.05, 0.1) is 0 Å². The number of pyridine rings is 1. The van der Waals surface area contributed by atoms with Crippen LogP contribution in [-0.2, 0) is 4.74 Å². The van der Waals surface area contributed by atoms with Gasteiger partial charge in [0, 0.05) is 32.8 Å². The fourth-order valence-corrected chi connectivity index (χ4v) is 3.14. The number of hydrogen-bond acceptors (Lipinski definition) is 6. The molecule has 1 aliphatic heterocycles. The first-order valence-electron chi connectivity index (χ1n) is 7.65. The second-order valence-corrected chi connectivity index (χ2v) is 6.42. The van der Waals surface area contributed by atoms with Gasteiger partial charge < -0.3 is 19.4 Å². The maximum atomic E-state index is 5.72. The number of oxazole rings is 1. The SMILES string of the molecule is COCCCN1CCC[C@@H](Nc2nc3nc(Br)ccc3o2)C1. The van der Waals surface area contributed by atoms with Gasteiger partial charge in [-0.15, -0.1) is 0 Å². The molecule has 1 saturated heterocycles. The Hall–Kier alpha value is -1.18. The van der Waals surface area contributed by atoms with Crippen LogP contribution >= 0.6 is 15.9 Å². The number of likely N-dealkylation sites (tertiary alicyclic amines) is 1. The molecule has 0 aromatic carbocycles. The molecule has 6 nitrogen and oxygen atoms in total. The number of nitrogens with zero attached hydrogens (tertiary/aromatic N) is 3. The van der Waals surface area contributed by atoms with Crippen LogP contribution in [0.25, 0.3) is 11.2 Å². The van der Waals surface area contributed by atoms with Gasteiger partial charge in [-0.25, -0.2) is 4.98 Å². The van der Waals surface area contributed by atoms with E-state index in [-0.39, 0.29) is 0 Å². The molecule has 1 N–H and O–H groups in total. The third kappa shape index (κ3) is 3.97. The monoisotopic (exact) mass is 368 g/mol. The molecule has 0 saturated carbocycles. The molecule has 0 spiro atoms. The zero-order chi connectivity index (χ0) is 15.4. The van der Waals surface area contributed by atoms with Crippen LogP contribution in [0.5, 0.6) is 0 Å². The highest BCUT2D eigenvalue weighted by Crippen LogP contribution is 2.21. The minimum atomic E-state index is 0.368. The van der Waals surface area contributed by atoms with E-state index in [1.807, 2.05) is 12.1 Å². The summed E-state index contributed by atoms with van der Waals surface area (Å²) in [5.74, 6) is 0. The van der Waals surface area contributed by atoms with E-state index in [0.717, 1.165) is 43.7 Å². The molecule has 1 atom stereocenters. The van der Waals surface area contributed by atoms with E-state index in [9.17, 15) is 0 Å². The highest BCUT2D eigenvalue weighted by Gasteiger charge is 2.21. The quantitative estimate of drug-likeness (QED) is 0.624. The van der Waals surface area contributed by atoms with E-state index in [4.69, 9.17) is 9.15 Å². The van der Waals surface area contributed by atoms with E-state index in [1.165, 1.54) is 6.42 Å². The maximum absolute atomic E-state index is 5.72. The first kappa shape index (κ1) is 15.7. The van der Waals surface area contributed by atoms with Crippen LogP contribution in [0.3, 0.4) is 0 Å². The van der Waals surface area contributed by atoms with Crippen LogP contribution < -0.4 is 5.32 Å². The van der Waals surface area contributed by atoms with Crippen LogP contribution in [0, 0.1) is 0 Å². The Kier molecular flexibility index (Phi) is 5.28. The third-order valence-corrected chi connectivity index (χ3v) is 4.32. The topological polar surface area (TPSA) is 63.4 Å². The molecule has 2 aromatic rings. The van der Waals surface area contributed by atoms with E-state index in [1.54, 1.807) is 7.11 Å². The average Bonchev–Trinajstić information content (AvgIpc) is 2.89. The van der Waals surface area contributed by atoms with Gasteiger partial charge in [0.1, 0.15) is 4.60 Å². The second kappa shape index (κ2) is 7.39. The number of anilines is 1. The van der Waals surface area contributed by atoms with E-state index < -0.39 is 0 Å². The van der Waals surface area contributed by atoms with Crippen LogP contribution in [0.15, 0.2) is 21.2 Å². The second-order valence-electron chi connectivity index (χ2n) is 5.61. The molecule has 1 fully saturated rings. The van der Waals surface area contributed by atoms with Crippen molar-refractivity contribution in [1.29, 1.82) is 0 Å². The summed E-state index contributed by atoms with van der Waals surface area (Å²) in [4.78, 5) is 11.2. The van der Waals surface area contributed by atoms with Crippen molar-refractivity contribution in [2.45, 2.75) is 25.3 Å². The molecule has 22 heavy (non-hydrogen) atoms. The van der Waals surface area contributed by atoms with E-state index in [2.05, 4.69) is 36.1 Å². The Morgan fingerprint density at radius 1 is 1.45 bits per heavy atom. The van der Waals surface area contributed by atoms with Gasteiger partial charge in [-0.2, -0.15) is 4.98 Å². The van der Waals surface area contributed by atoms with Crippen molar-refractivity contribution >= 4 is 33.2 Å². The number of methoxy groups -OCH3 is 1. The maximum Gasteiger partial charge on any atom is 0.297 e. The molecule has 0 bridgehead atoms. The Balaban J connectivity index is 1.59. The third-order valence-electron chi connectivity index (χ3n) is 3.88. The normalized spacial score (nSPS) is 19.6. The number of fused-ring (bicyclic) bond motifs is 1.